The Bertz CT molecular complexity index is 1560. The lowest BCUT2D eigenvalue weighted by Crippen LogP contribution is -2.34. The van der Waals surface area contributed by atoms with E-state index in [1.165, 1.54) is 22.9 Å². The van der Waals surface area contributed by atoms with Crippen LogP contribution in [0.15, 0.2) is 30.6 Å². The van der Waals surface area contributed by atoms with E-state index in [0.717, 1.165) is 31.4 Å². The number of ether oxygens (including phenoxy) is 1. The molecule has 41 heavy (non-hydrogen) atoms. The fourth-order valence-corrected chi connectivity index (χ4v) is 9.01. The van der Waals surface area contributed by atoms with Crippen molar-refractivity contribution in [3.8, 4) is 0 Å². The van der Waals surface area contributed by atoms with Crippen LogP contribution < -0.4 is 4.90 Å². The first-order valence-corrected chi connectivity index (χ1v) is 17.1. The highest BCUT2D eigenvalue weighted by molar-refractivity contribution is 7.70. The molecule has 0 bridgehead atoms. The Morgan fingerprint density at radius 2 is 1.80 bits per heavy atom. The molecule has 4 heterocycles. The molecule has 1 aromatic carbocycles. The van der Waals surface area contributed by atoms with Crippen LogP contribution >= 0.6 is 26.8 Å². The van der Waals surface area contributed by atoms with Crippen LogP contribution in [-0.2, 0) is 23.8 Å². The zero-order chi connectivity index (χ0) is 29.2. The number of benzene rings is 1. The van der Waals surface area contributed by atoms with Crippen molar-refractivity contribution in [2.45, 2.75) is 62.1 Å². The highest BCUT2D eigenvalue weighted by atomic mass is 35.5. The van der Waals surface area contributed by atoms with Gasteiger partial charge in [-0.2, -0.15) is 9.97 Å². The summed E-state index contributed by atoms with van der Waals surface area (Å²) in [5.41, 5.74) is 2.93. The summed E-state index contributed by atoms with van der Waals surface area (Å²) in [5, 5.41) is 21.3. The molecule has 2 aromatic heterocycles. The van der Waals surface area contributed by atoms with E-state index in [9.17, 15) is 24.2 Å². The van der Waals surface area contributed by atoms with Crippen LogP contribution in [0.1, 0.15) is 43.9 Å². The SMILES string of the molecule is O=P(O)(O)CP(=O)(O)OCC1OC(n2cnc3c(N4CC5(CCCCC5)c5ccccc54)nc(Cl)nc32)C(O)C1O. The minimum Gasteiger partial charge on any atom is -0.387 e. The van der Waals surface area contributed by atoms with Gasteiger partial charge in [-0.05, 0) is 36.1 Å². The van der Waals surface area contributed by atoms with Gasteiger partial charge in [0.15, 0.2) is 29.1 Å². The molecule has 6 rings (SSSR count). The maximum atomic E-state index is 12.1. The number of anilines is 2. The normalized spacial score (nSPS) is 27.4. The van der Waals surface area contributed by atoms with Crippen LogP contribution in [0.4, 0.5) is 11.5 Å². The van der Waals surface area contributed by atoms with Crippen molar-refractivity contribution in [3.05, 3.63) is 41.4 Å². The van der Waals surface area contributed by atoms with Gasteiger partial charge in [0.05, 0.1) is 12.9 Å². The molecule has 5 N–H and O–H groups in total. The Balaban J connectivity index is 1.30. The van der Waals surface area contributed by atoms with Gasteiger partial charge in [-0.3, -0.25) is 13.7 Å². The van der Waals surface area contributed by atoms with Gasteiger partial charge in [0.1, 0.15) is 18.3 Å². The van der Waals surface area contributed by atoms with Gasteiger partial charge in [0.2, 0.25) is 5.28 Å². The number of hydrogen-bond acceptors (Lipinski definition) is 10. The van der Waals surface area contributed by atoms with E-state index < -0.39 is 52.2 Å². The second-order valence-electron chi connectivity index (χ2n) is 10.9. The fraction of sp³-hybridized carbons (Fsp3) is 0.542. The Labute approximate surface area is 239 Å². The van der Waals surface area contributed by atoms with Crippen LogP contribution in [0.5, 0.6) is 0 Å². The molecule has 0 amide bonds. The van der Waals surface area contributed by atoms with Gasteiger partial charge < -0.3 is 39.1 Å². The first-order valence-electron chi connectivity index (χ1n) is 13.2. The number of rotatable bonds is 7. The van der Waals surface area contributed by atoms with Crippen molar-refractivity contribution in [3.63, 3.8) is 0 Å². The summed E-state index contributed by atoms with van der Waals surface area (Å²) in [5.74, 6) is -0.889. The maximum absolute atomic E-state index is 12.1. The van der Waals surface area contributed by atoms with Gasteiger partial charge in [0.25, 0.3) is 0 Å². The predicted octanol–water partition coefficient (Wildman–Crippen LogP) is 2.79. The molecule has 1 spiro atoms. The second kappa shape index (κ2) is 10.6. The van der Waals surface area contributed by atoms with Crippen molar-refractivity contribution < 1.29 is 43.3 Å². The largest absolute Gasteiger partial charge is 0.387 e. The van der Waals surface area contributed by atoms with Crippen LogP contribution in [0.25, 0.3) is 11.2 Å². The molecule has 1 aliphatic carbocycles. The van der Waals surface area contributed by atoms with Gasteiger partial charge in [-0.15, -0.1) is 0 Å². The summed E-state index contributed by atoms with van der Waals surface area (Å²) in [7, 11) is -9.54. The van der Waals surface area contributed by atoms with Crippen LogP contribution in [0.3, 0.4) is 0 Å². The van der Waals surface area contributed by atoms with E-state index in [1.54, 1.807) is 0 Å². The highest BCUT2D eigenvalue weighted by Gasteiger charge is 2.47. The van der Waals surface area contributed by atoms with Crippen molar-refractivity contribution >= 4 is 49.5 Å². The average Bonchev–Trinajstić information content (AvgIpc) is 3.55. The lowest BCUT2D eigenvalue weighted by molar-refractivity contribution is -0.0483. The van der Waals surface area contributed by atoms with Gasteiger partial charge >= 0.3 is 15.2 Å². The fourth-order valence-electron chi connectivity index (χ4n) is 6.29. The van der Waals surface area contributed by atoms with E-state index in [1.807, 2.05) is 12.1 Å². The zero-order valence-electron chi connectivity index (χ0n) is 21.7. The molecule has 5 unspecified atom stereocenters. The standard InChI is InChI=1S/C24H30ClN5O9P2/c25-23-27-20(29-11-24(8-4-1-5-9-24)14-6-2-3-7-15(14)29)17-21(28-23)30(12-26-17)22-19(32)18(31)16(39-22)10-38-41(36,37)13-40(33,34)35/h2-3,6-7,12,16,18-19,22,31-32H,1,4-5,8-11,13H2,(H,36,37)(H2,33,34,35). The summed E-state index contributed by atoms with van der Waals surface area (Å²) in [6.07, 6.45) is 1.42. The van der Waals surface area contributed by atoms with Crippen molar-refractivity contribution in [2.75, 3.05) is 24.0 Å². The summed E-state index contributed by atoms with van der Waals surface area (Å²) in [6.45, 7) is 0.000919. The summed E-state index contributed by atoms with van der Waals surface area (Å²) in [6, 6.07) is 8.23. The first kappa shape index (κ1) is 29.1. The Morgan fingerprint density at radius 1 is 1.07 bits per heavy atom. The number of para-hydroxylation sites is 1. The zero-order valence-corrected chi connectivity index (χ0v) is 24.3. The third-order valence-electron chi connectivity index (χ3n) is 8.08. The monoisotopic (exact) mass is 629 g/mol. The van der Waals surface area contributed by atoms with E-state index in [2.05, 4.69) is 32.0 Å². The highest BCUT2D eigenvalue weighted by Crippen LogP contribution is 2.56. The van der Waals surface area contributed by atoms with Gasteiger partial charge in [-0.25, -0.2) is 4.98 Å². The Morgan fingerprint density at radius 3 is 2.54 bits per heavy atom. The minimum absolute atomic E-state index is 0.00478. The van der Waals surface area contributed by atoms with E-state index in [4.69, 9.17) is 30.6 Å². The lowest BCUT2D eigenvalue weighted by Gasteiger charge is -2.34. The van der Waals surface area contributed by atoms with Crippen molar-refractivity contribution in [2.24, 2.45) is 0 Å². The molecule has 5 atom stereocenters. The quantitative estimate of drug-likeness (QED) is 0.189. The molecule has 17 heteroatoms. The number of hydrogen-bond donors (Lipinski definition) is 5. The number of fused-ring (bicyclic) bond motifs is 3. The van der Waals surface area contributed by atoms with Crippen molar-refractivity contribution in [1.29, 1.82) is 0 Å². The molecule has 3 aliphatic rings. The van der Waals surface area contributed by atoms with Crippen LogP contribution in [-0.4, -0.2) is 81.8 Å². The molecule has 0 radical (unpaired) electrons. The van der Waals surface area contributed by atoms with E-state index in [0.29, 0.717) is 17.9 Å². The van der Waals surface area contributed by atoms with Crippen LogP contribution in [0.2, 0.25) is 5.28 Å². The molecular formula is C24H30ClN5O9P2. The number of aliphatic hydroxyl groups excluding tert-OH is 2. The third kappa shape index (κ3) is 5.47. The smallest absolute Gasteiger partial charge is 0.340 e. The number of halogens is 1. The van der Waals surface area contributed by atoms with E-state index >= 15 is 0 Å². The molecule has 14 nitrogen and oxygen atoms in total. The molecule has 222 valence electrons. The molecule has 1 saturated carbocycles. The first-order chi connectivity index (χ1) is 19.4. The number of imidazole rings is 1. The summed E-state index contributed by atoms with van der Waals surface area (Å²) >= 11 is 6.40. The molecule has 2 aliphatic heterocycles. The summed E-state index contributed by atoms with van der Waals surface area (Å²) in [4.78, 5) is 43.3. The average molecular weight is 630 g/mol. The number of aliphatic hydroxyl groups is 2. The van der Waals surface area contributed by atoms with Gasteiger partial charge in [-0.1, -0.05) is 37.5 Å². The Hall–Kier alpha value is -1.96. The van der Waals surface area contributed by atoms with Gasteiger partial charge in [0, 0.05) is 17.6 Å². The third-order valence-corrected chi connectivity index (χ3v) is 11.7. The Kier molecular flexibility index (Phi) is 7.56. The second-order valence-corrected chi connectivity index (χ2v) is 15.2. The maximum Gasteiger partial charge on any atom is 0.340 e. The molecule has 3 aromatic rings. The van der Waals surface area contributed by atoms with Crippen LogP contribution in [0, 0.1) is 0 Å². The molecule has 2 fully saturated rings. The summed E-state index contributed by atoms with van der Waals surface area (Å²) < 4.78 is 35.1. The molecule has 1 saturated heterocycles. The minimum atomic E-state index is -4.84. The molecular weight excluding hydrogens is 600 g/mol. The van der Waals surface area contributed by atoms with Crippen molar-refractivity contribution in [1.82, 2.24) is 19.5 Å². The predicted molar refractivity (Wildman–Crippen MR) is 147 cm³/mol. The lowest BCUT2D eigenvalue weighted by atomic mass is 9.71. The van der Waals surface area contributed by atoms with E-state index in [-0.39, 0.29) is 16.3 Å². The number of aromatic nitrogens is 4. The topological polar surface area (TPSA) is 201 Å². The number of nitrogens with zero attached hydrogens (tertiary/aromatic N) is 5.